The lowest BCUT2D eigenvalue weighted by Gasteiger charge is -2.21. The van der Waals surface area contributed by atoms with Crippen LogP contribution in [0.25, 0.3) is 0 Å². The molecule has 1 aromatic carbocycles. The lowest BCUT2D eigenvalue weighted by atomic mass is 9.94. The quantitative estimate of drug-likeness (QED) is 0.831. The van der Waals surface area contributed by atoms with Gasteiger partial charge in [0.25, 0.3) is 0 Å². The van der Waals surface area contributed by atoms with Crippen molar-refractivity contribution in [3.05, 3.63) is 35.1 Å². The largest absolute Gasteiger partial charge is 0.416 e. The van der Waals surface area contributed by atoms with Gasteiger partial charge < -0.3 is 10.8 Å². The predicted molar refractivity (Wildman–Crippen MR) is 63.8 cm³/mol. The van der Waals surface area contributed by atoms with Crippen molar-refractivity contribution in [2.24, 2.45) is 11.7 Å². The molecular formula is C13H17F4NO. The molecule has 1 rings (SSSR count). The normalized spacial score (nSPS) is 15.6. The van der Waals surface area contributed by atoms with Crippen molar-refractivity contribution in [2.45, 2.75) is 38.6 Å². The number of aliphatic hydroxyl groups is 1. The highest BCUT2D eigenvalue weighted by Crippen LogP contribution is 2.32. The molecule has 0 saturated heterocycles. The minimum Gasteiger partial charge on any atom is -0.387 e. The Labute approximate surface area is 109 Å². The van der Waals surface area contributed by atoms with Crippen LogP contribution in [0.15, 0.2) is 18.2 Å². The van der Waals surface area contributed by atoms with E-state index in [4.69, 9.17) is 5.73 Å². The zero-order valence-electron chi connectivity index (χ0n) is 10.7. The average molecular weight is 279 g/mol. The zero-order valence-corrected chi connectivity index (χ0v) is 10.7. The van der Waals surface area contributed by atoms with E-state index in [1.807, 2.05) is 13.8 Å². The van der Waals surface area contributed by atoms with E-state index in [0.29, 0.717) is 12.5 Å². The fourth-order valence-electron chi connectivity index (χ4n) is 1.87. The van der Waals surface area contributed by atoms with Crippen LogP contribution in [0.5, 0.6) is 0 Å². The first-order valence-corrected chi connectivity index (χ1v) is 5.92. The SMILES string of the molecule is CC(C)CC(N)C(O)c1cc(F)cc(C(F)(F)F)c1. The Kier molecular flexibility index (Phi) is 4.92. The molecule has 108 valence electrons. The molecule has 0 fully saturated rings. The Morgan fingerprint density at radius 1 is 1.21 bits per heavy atom. The summed E-state index contributed by atoms with van der Waals surface area (Å²) in [5.41, 5.74) is 4.43. The van der Waals surface area contributed by atoms with Gasteiger partial charge in [0.2, 0.25) is 0 Å². The van der Waals surface area contributed by atoms with Crippen LogP contribution in [-0.2, 0) is 6.18 Å². The maximum Gasteiger partial charge on any atom is 0.416 e. The number of rotatable bonds is 4. The van der Waals surface area contributed by atoms with Crippen molar-refractivity contribution >= 4 is 0 Å². The van der Waals surface area contributed by atoms with Crippen LogP contribution < -0.4 is 5.73 Å². The highest BCUT2D eigenvalue weighted by molar-refractivity contribution is 5.29. The van der Waals surface area contributed by atoms with Gasteiger partial charge in [-0.25, -0.2) is 4.39 Å². The summed E-state index contributed by atoms with van der Waals surface area (Å²) in [6, 6.07) is 1.26. The van der Waals surface area contributed by atoms with E-state index in [2.05, 4.69) is 0 Å². The van der Waals surface area contributed by atoms with Gasteiger partial charge in [-0.1, -0.05) is 13.8 Å². The van der Waals surface area contributed by atoms with Crippen LogP contribution in [-0.4, -0.2) is 11.1 Å². The fourth-order valence-corrected chi connectivity index (χ4v) is 1.87. The van der Waals surface area contributed by atoms with Crippen LogP contribution in [0.1, 0.15) is 37.5 Å². The third-order valence-corrected chi connectivity index (χ3v) is 2.74. The molecule has 0 saturated carbocycles. The van der Waals surface area contributed by atoms with Crippen LogP contribution in [0.4, 0.5) is 17.6 Å². The number of benzene rings is 1. The van der Waals surface area contributed by atoms with Gasteiger partial charge in [0, 0.05) is 6.04 Å². The minimum absolute atomic E-state index is 0.152. The summed E-state index contributed by atoms with van der Waals surface area (Å²) >= 11 is 0. The molecule has 0 aliphatic heterocycles. The first-order chi connectivity index (χ1) is 8.61. The van der Waals surface area contributed by atoms with Gasteiger partial charge >= 0.3 is 6.18 Å². The van der Waals surface area contributed by atoms with Crippen molar-refractivity contribution < 1.29 is 22.7 Å². The third kappa shape index (κ3) is 4.47. The Bertz CT molecular complexity index is 431. The molecule has 2 unspecified atom stereocenters. The molecule has 6 heteroatoms. The van der Waals surface area contributed by atoms with E-state index >= 15 is 0 Å². The molecule has 0 heterocycles. The number of nitrogens with two attached hydrogens (primary N) is 1. The number of aliphatic hydroxyl groups excluding tert-OH is 1. The molecular weight excluding hydrogens is 262 g/mol. The molecule has 2 atom stereocenters. The Balaban J connectivity index is 3.03. The number of hydrogen-bond acceptors (Lipinski definition) is 2. The van der Waals surface area contributed by atoms with Gasteiger partial charge in [0.05, 0.1) is 11.7 Å². The summed E-state index contributed by atoms with van der Waals surface area (Å²) in [7, 11) is 0. The lowest BCUT2D eigenvalue weighted by Crippen LogP contribution is -2.30. The van der Waals surface area contributed by atoms with Crippen LogP contribution in [0, 0.1) is 11.7 Å². The number of halogens is 4. The van der Waals surface area contributed by atoms with Gasteiger partial charge in [-0.15, -0.1) is 0 Å². The van der Waals surface area contributed by atoms with E-state index in [1.54, 1.807) is 0 Å². The van der Waals surface area contributed by atoms with Gasteiger partial charge in [-0.05, 0) is 36.1 Å². The second kappa shape index (κ2) is 5.88. The van der Waals surface area contributed by atoms with Gasteiger partial charge in [-0.2, -0.15) is 13.2 Å². The number of hydrogen-bond donors (Lipinski definition) is 2. The predicted octanol–water partition coefficient (Wildman–Crippen LogP) is 3.25. The standard InChI is InChI=1S/C13H17F4NO/c1-7(2)3-11(18)12(19)8-4-9(13(15,16)17)6-10(14)5-8/h4-7,11-12,19H,3,18H2,1-2H3. The first kappa shape index (κ1) is 15.9. The maximum atomic E-state index is 13.2. The number of alkyl halides is 3. The third-order valence-electron chi connectivity index (χ3n) is 2.74. The van der Waals surface area contributed by atoms with Crippen LogP contribution >= 0.6 is 0 Å². The molecule has 0 amide bonds. The van der Waals surface area contributed by atoms with E-state index in [1.165, 1.54) is 0 Å². The molecule has 0 bridgehead atoms. The minimum atomic E-state index is -4.65. The Morgan fingerprint density at radius 2 is 1.79 bits per heavy atom. The molecule has 0 aliphatic rings. The van der Waals surface area contributed by atoms with Crippen molar-refractivity contribution in [1.82, 2.24) is 0 Å². The summed E-state index contributed by atoms with van der Waals surface area (Å²) < 4.78 is 50.8. The van der Waals surface area contributed by atoms with E-state index in [9.17, 15) is 22.7 Å². The summed E-state index contributed by atoms with van der Waals surface area (Å²) in [5, 5.41) is 9.89. The molecule has 0 spiro atoms. The molecule has 0 radical (unpaired) electrons. The summed E-state index contributed by atoms with van der Waals surface area (Å²) in [6.07, 6.45) is -5.54. The second-order valence-electron chi connectivity index (χ2n) is 5.01. The Hall–Kier alpha value is -1.14. The average Bonchev–Trinajstić information content (AvgIpc) is 2.25. The van der Waals surface area contributed by atoms with Crippen molar-refractivity contribution in [3.63, 3.8) is 0 Å². The van der Waals surface area contributed by atoms with E-state index in [-0.39, 0.29) is 11.5 Å². The first-order valence-electron chi connectivity index (χ1n) is 5.92. The molecule has 1 aromatic rings. The zero-order chi connectivity index (χ0) is 14.8. The second-order valence-corrected chi connectivity index (χ2v) is 5.01. The van der Waals surface area contributed by atoms with Gasteiger partial charge in [0.1, 0.15) is 5.82 Å². The van der Waals surface area contributed by atoms with Crippen molar-refractivity contribution in [2.75, 3.05) is 0 Å². The molecule has 0 aromatic heterocycles. The summed E-state index contributed by atoms with van der Waals surface area (Å²) in [5.74, 6) is -0.860. The highest BCUT2D eigenvalue weighted by atomic mass is 19.4. The van der Waals surface area contributed by atoms with Gasteiger partial charge in [-0.3, -0.25) is 0 Å². The Morgan fingerprint density at radius 3 is 2.26 bits per heavy atom. The topological polar surface area (TPSA) is 46.2 Å². The van der Waals surface area contributed by atoms with Gasteiger partial charge in [0.15, 0.2) is 0 Å². The smallest absolute Gasteiger partial charge is 0.387 e. The van der Waals surface area contributed by atoms with E-state index in [0.717, 1.165) is 12.1 Å². The van der Waals surface area contributed by atoms with Crippen LogP contribution in [0.2, 0.25) is 0 Å². The van der Waals surface area contributed by atoms with Crippen molar-refractivity contribution in [3.8, 4) is 0 Å². The molecule has 0 aliphatic carbocycles. The summed E-state index contributed by atoms with van der Waals surface area (Å²) in [6.45, 7) is 3.75. The highest BCUT2D eigenvalue weighted by Gasteiger charge is 2.32. The maximum absolute atomic E-state index is 13.2. The summed E-state index contributed by atoms with van der Waals surface area (Å²) in [4.78, 5) is 0. The lowest BCUT2D eigenvalue weighted by molar-refractivity contribution is -0.137. The fraction of sp³-hybridized carbons (Fsp3) is 0.538. The molecule has 3 N–H and O–H groups in total. The molecule has 2 nitrogen and oxygen atoms in total. The molecule has 19 heavy (non-hydrogen) atoms. The monoisotopic (exact) mass is 279 g/mol. The van der Waals surface area contributed by atoms with Crippen molar-refractivity contribution in [1.29, 1.82) is 0 Å². The van der Waals surface area contributed by atoms with E-state index < -0.39 is 29.7 Å². The van der Waals surface area contributed by atoms with Crippen LogP contribution in [0.3, 0.4) is 0 Å².